The van der Waals surface area contributed by atoms with Gasteiger partial charge in [-0.15, -0.1) is 0 Å². The van der Waals surface area contributed by atoms with Gasteiger partial charge in [0.2, 0.25) is 0 Å². The van der Waals surface area contributed by atoms with E-state index in [4.69, 9.17) is 14.6 Å². The number of carbonyl (C=O) groups excluding carboxylic acids is 1. The number of aryl methyl sites for hydroxylation is 1. The molecule has 0 radical (unpaired) electrons. The maximum absolute atomic E-state index is 12.4. The molecule has 1 aromatic carbocycles. The molecule has 1 unspecified atom stereocenters. The number of carbonyl (C=O) groups is 2. The van der Waals surface area contributed by atoms with Crippen LogP contribution in [0.4, 0.5) is 4.79 Å². The lowest BCUT2D eigenvalue weighted by Gasteiger charge is -2.36. The Morgan fingerprint density at radius 1 is 1.28 bits per heavy atom. The van der Waals surface area contributed by atoms with Crippen molar-refractivity contribution < 1.29 is 24.2 Å². The lowest BCUT2D eigenvalue weighted by Crippen LogP contribution is -2.48. The molecular formula is C19H27NO5. The minimum atomic E-state index is -0.951. The summed E-state index contributed by atoms with van der Waals surface area (Å²) in [5, 5.41) is 9.08. The number of aromatic carboxylic acids is 1. The van der Waals surface area contributed by atoms with Crippen LogP contribution in [0.5, 0.6) is 5.75 Å². The van der Waals surface area contributed by atoms with Crippen molar-refractivity contribution in [3.05, 3.63) is 29.3 Å². The van der Waals surface area contributed by atoms with Crippen molar-refractivity contribution in [2.45, 2.75) is 58.6 Å². The SMILES string of the molecule is Cc1cc(OCC2CCCCN2C(=O)OC(C)(C)C)ccc1C(=O)O. The highest BCUT2D eigenvalue weighted by Crippen LogP contribution is 2.23. The summed E-state index contributed by atoms with van der Waals surface area (Å²) >= 11 is 0. The molecule has 1 saturated heterocycles. The minimum Gasteiger partial charge on any atom is -0.491 e. The summed E-state index contributed by atoms with van der Waals surface area (Å²) < 4.78 is 11.3. The second kappa shape index (κ2) is 7.76. The van der Waals surface area contributed by atoms with E-state index < -0.39 is 11.6 Å². The molecule has 1 aliphatic heterocycles. The van der Waals surface area contributed by atoms with Crippen molar-refractivity contribution in [2.75, 3.05) is 13.2 Å². The van der Waals surface area contributed by atoms with E-state index in [0.29, 0.717) is 24.5 Å². The number of ether oxygens (including phenoxy) is 2. The van der Waals surface area contributed by atoms with Gasteiger partial charge in [-0.1, -0.05) is 0 Å². The number of hydrogen-bond donors (Lipinski definition) is 1. The number of piperidine rings is 1. The van der Waals surface area contributed by atoms with Crippen LogP contribution in [0, 0.1) is 6.92 Å². The van der Waals surface area contributed by atoms with Crippen LogP contribution in [-0.4, -0.2) is 46.9 Å². The maximum Gasteiger partial charge on any atom is 0.410 e. The van der Waals surface area contributed by atoms with Gasteiger partial charge in [0.1, 0.15) is 18.0 Å². The van der Waals surface area contributed by atoms with Crippen LogP contribution in [0.1, 0.15) is 56.0 Å². The van der Waals surface area contributed by atoms with Gasteiger partial charge in [0.15, 0.2) is 0 Å². The molecule has 0 saturated carbocycles. The Balaban J connectivity index is 2.01. The molecule has 1 aromatic rings. The summed E-state index contributed by atoms with van der Waals surface area (Å²) in [5.41, 5.74) is 0.391. The fraction of sp³-hybridized carbons (Fsp3) is 0.579. The van der Waals surface area contributed by atoms with Gasteiger partial charge >= 0.3 is 12.1 Å². The Labute approximate surface area is 148 Å². The van der Waals surface area contributed by atoms with E-state index in [9.17, 15) is 9.59 Å². The molecule has 0 aromatic heterocycles. The van der Waals surface area contributed by atoms with Gasteiger partial charge in [-0.3, -0.25) is 0 Å². The molecule has 138 valence electrons. The Bertz CT molecular complexity index is 635. The van der Waals surface area contributed by atoms with E-state index in [-0.39, 0.29) is 17.7 Å². The highest BCUT2D eigenvalue weighted by atomic mass is 16.6. The number of likely N-dealkylation sites (tertiary alicyclic amines) is 1. The first-order chi connectivity index (χ1) is 11.7. The summed E-state index contributed by atoms with van der Waals surface area (Å²) in [6, 6.07) is 4.86. The third-order valence-corrected chi connectivity index (χ3v) is 4.13. The number of hydrogen-bond acceptors (Lipinski definition) is 4. The van der Waals surface area contributed by atoms with E-state index in [2.05, 4.69) is 0 Å². The molecule has 1 amide bonds. The first-order valence-corrected chi connectivity index (χ1v) is 8.64. The van der Waals surface area contributed by atoms with E-state index in [0.717, 1.165) is 19.3 Å². The van der Waals surface area contributed by atoms with Crippen molar-refractivity contribution in [3.8, 4) is 5.75 Å². The van der Waals surface area contributed by atoms with Gasteiger partial charge < -0.3 is 19.5 Å². The third-order valence-electron chi connectivity index (χ3n) is 4.13. The van der Waals surface area contributed by atoms with Crippen LogP contribution in [0.25, 0.3) is 0 Å². The normalized spacial score (nSPS) is 17.9. The molecule has 0 bridgehead atoms. The summed E-state index contributed by atoms with van der Waals surface area (Å²) in [4.78, 5) is 25.2. The maximum atomic E-state index is 12.4. The van der Waals surface area contributed by atoms with Crippen molar-refractivity contribution in [1.82, 2.24) is 4.90 Å². The predicted molar refractivity (Wildman–Crippen MR) is 94.2 cm³/mol. The van der Waals surface area contributed by atoms with Crippen molar-refractivity contribution >= 4 is 12.1 Å². The topological polar surface area (TPSA) is 76.1 Å². The number of amides is 1. The zero-order valence-electron chi connectivity index (χ0n) is 15.4. The quantitative estimate of drug-likeness (QED) is 0.893. The average Bonchev–Trinajstić information content (AvgIpc) is 2.51. The molecular weight excluding hydrogens is 322 g/mol. The van der Waals surface area contributed by atoms with Gasteiger partial charge in [0.25, 0.3) is 0 Å². The molecule has 6 nitrogen and oxygen atoms in total. The molecule has 6 heteroatoms. The van der Waals surface area contributed by atoms with E-state index in [1.165, 1.54) is 0 Å². The van der Waals surface area contributed by atoms with Gasteiger partial charge in [0.05, 0.1) is 11.6 Å². The summed E-state index contributed by atoms with van der Waals surface area (Å²) in [6.07, 6.45) is 2.57. The zero-order chi connectivity index (χ0) is 18.6. The standard InChI is InChI=1S/C19H27NO5/c1-13-11-15(8-9-16(13)17(21)22)24-12-14-7-5-6-10-20(14)18(23)25-19(2,3)4/h8-9,11,14H,5-7,10,12H2,1-4H3,(H,21,22). The van der Waals surface area contributed by atoms with Crippen LogP contribution in [0.3, 0.4) is 0 Å². The highest BCUT2D eigenvalue weighted by molar-refractivity contribution is 5.89. The highest BCUT2D eigenvalue weighted by Gasteiger charge is 2.30. The molecule has 0 spiro atoms. The lowest BCUT2D eigenvalue weighted by molar-refractivity contribution is 0.00358. The van der Waals surface area contributed by atoms with E-state index in [1.807, 2.05) is 20.8 Å². The fourth-order valence-corrected chi connectivity index (χ4v) is 2.89. The number of carboxylic acid groups (broad SMARTS) is 1. The van der Waals surface area contributed by atoms with Crippen molar-refractivity contribution in [3.63, 3.8) is 0 Å². The summed E-state index contributed by atoms with van der Waals surface area (Å²) in [5.74, 6) is -0.343. The minimum absolute atomic E-state index is 0.0388. The number of rotatable bonds is 4. The molecule has 0 aliphatic carbocycles. The second-order valence-electron chi connectivity index (χ2n) is 7.42. The second-order valence-corrected chi connectivity index (χ2v) is 7.42. The number of benzene rings is 1. The van der Waals surface area contributed by atoms with Gasteiger partial charge in [-0.25, -0.2) is 9.59 Å². The first-order valence-electron chi connectivity index (χ1n) is 8.64. The van der Waals surface area contributed by atoms with Crippen molar-refractivity contribution in [2.24, 2.45) is 0 Å². The smallest absolute Gasteiger partial charge is 0.410 e. The number of nitrogens with zero attached hydrogens (tertiary/aromatic N) is 1. The predicted octanol–water partition coefficient (Wildman–Crippen LogP) is 3.86. The zero-order valence-corrected chi connectivity index (χ0v) is 15.4. The van der Waals surface area contributed by atoms with E-state index >= 15 is 0 Å². The molecule has 1 fully saturated rings. The van der Waals surface area contributed by atoms with Gasteiger partial charge in [-0.2, -0.15) is 0 Å². The molecule has 1 N–H and O–H groups in total. The first kappa shape index (κ1) is 19.1. The average molecular weight is 349 g/mol. The molecule has 1 atom stereocenters. The Morgan fingerprint density at radius 2 is 2.00 bits per heavy atom. The van der Waals surface area contributed by atoms with Crippen LogP contribution in [0.15, 0.2) is 18.2 Å². The van der Waals surface area contributed by atoms with Gasteiger partial charge in [-0.05, 0) is 70.7 Å². The van der Waals surface area contributed by atoms with Gasteiger partial charge in [0, 0.05) is 6.54 Å². The van der Waals surface area contributed by atoms with Crippen LogP contribution < -0.4 is 4.74 Å². The Morgan fingerprint density at radius 3 is 2.60 bits per heavy atom. The Kier molecular flexibility index (Phi) is 5.93. The number of carboxylic acids is 1. The summed E-state index contributed by atoms with van der Waals surface area (Å²) in [6.45, 7) is 8.34. The third kappa shape index (κ3) is 5.37. The van der Waals surface area contributed by atoms with E-state index in [1.54, 1.807) is 30.0 Å². The Hall–Kier alpha value is -2.24. The van der Waals surface area contributed by atoms with Crippen molar-refractivity contribution in [1.29, 1.82) is 0 Å². The van der Waals surface area contributed by atoms with Crippen LogP contribution >= 0.6 is 0 Å². The molecule has 2 rings (SSSR count). The fourth-order valence-electron chi connectivity index (χ4n) is 2.89. The monoisotopic (exact) mass is 349 g/mol. The van der Waals surface area contributed by atoms with Crippen LogP contribution in [0.2, 0.25) is 0 Å². The molecule has 1 heterocycles. The largest absolute Gasteiger partial charge is 0.491 e. The summed E-state index contributed by atoms with van der Waals surface area (Å²) in [7, 11) is 0. The van der Waals surface area contributed by atoms with Crippen LogP contribution in [-0.2, 0) is 4.74 Å². The molecule has 25 heavy (non-hydrogen) atoms. The molecule has 1 aliphatic rings. The lowest BCUT2D eigenvalue weighted by atomic mass is 10.0.